The molecule has 0 atom stereocenters. The van der Waals surface area contributed by atoms with Gasteiger partial charge in [0.2, 0.25) is 0 Å². The fourth-order valence-electron chi connectivity index (χ4n) is 1.45. The van der Waals surface area contributed by atoms with Crippen LogP contribution in [0.3, 0.4) is 0 Å². The largest absolute Gasteiger partial charge is 0.417 e. The van der Waals surface area contributed by atoms with Crippen LogP contribution in [0.15, 0.2) is 0 Å². The molecule has 0 saturated carbocycles. The summed E-state index contributed by atoms with van der Waals surface area (Å²) in [6, 6.07) is 1.31. The molecule has 0 aromatic carbocycles. The van der Waals surface area contributed by atoms with Crippen LogP contribution in [-0.4, -0.2) is 21.5 Å². The Labute approximate surface area is 90.3 Å². The summed E-state index contributed by atoms with van der Waals surface area (Å²) in [7, 11) is -1.32. The summed E-state index contributed by atoms with van der Waals surface area (Å²) in [5.74, 6) is 0. The SMILES string of the molecule is CCCC[Si](C)(C)OCCCCCN. The quantitative estimate of drug-likeness (QED) is 0.476. The minimum absolute atomic E-state index is 0.816. The van der Waals surface area contributed by atoms with Gasteiger partial charge in [-0.15, -0.1) is 0 Å². The Bertz CT molecular complexity index is 128. The Kier molecular flexibility index (Phi) is 8.53. The van der Waals surface area contributed by atoms with Crippen molar-refractivity contribution in [3.63, 3.8) is 0 Å². The Hall–Kier alpha value is 0.137. The normalized spacial score (nSPS) is 12.0. The first kappa shape index (κ1) is 14.1. The van der Waals surface area contributed by atoms with E-state index >= 15 is 0 Å². The van der Waals surface area contributed by atoms with E-state index in [4.69, 9.17) is 10.2 Å². The van der Waals surface area contributed by atoms with E-state index in [9.17, 15) is 0 Å². The summed E-state index contributed by atoms with van der Waals surface area (Å²) >= 11 is 0. The Morgan fingerprint density at radius 1 is 1.07 bits per heavy atom. The second-order valence-corrected chi connectivity index (χ2v) is 8.87. The minimum Gasteiger partial charge on any atom is -0.417 e. The van der Waals surface area contributed by atoms with Crippen LogP contribution in [0.5, 0.6) is 0 Å². The summed E-state index contributed by atoms with van der Waals surface area (Å²) in [4.78, 5) is 0. The molecular formula is C11H27NOSi. The maximum atomic E-state index is 5.98. The molecule has 0 bridgehead atoms. The van der Waals surface area contributed by atoms with Gasteiger partial charge in [0.15, 0.2) is 8.32 Å². The van der Waals surface area contributed by atoms with Crippen LogP contribution in [0, 0.1) is 0 Å². The van der Waals surface area contributed by atoms with E-state index in [0.29, 0.717) is 0 Å². The highest BCUT2D eigenvalue weighted by Crippen LogP contribution is 2.15. The van der Waals surface area contributed by atoms with Crippen LogP contribution in [0.4, 0.5) is 0 Å². The fraction of sp³-hybridized carbons (Fsp3) is 1.00. The summed E-state index contributed by atoms with van der Waals surface area (Å²) in [6.45, 7) is 8.66. The molecule has 0 aliphatic carbocycles. The number of unbranched alkanes of at least 4 members (excludes halogenated alkanes) is 3. The van der Waals surface area contributed by atoms with Crippen LogP contribution in [0.2, 0.25) is 19.1 Å². The molecule has 0 aliphatic heterocycles. The molecule has 0 rings (SSSR count). The van der Waals surface area contributed by atoms with Crippen molar-refractivity contribution in [1.29, 1.82) is 0 Å². The van der Waals surface area contributed by atoms with E-state index < -0.39 is 8.32 Å². The molecule has 0 aromatic rings. The summed E-state index contributed by atoms with van der Waals surface area (Å²) in [6.07, 6.45) is 6.14. The van der Waals surface area contributed by atoms with Gasteiger partial charge in [-0.25, -0.2) is 0 Å². The standard InChI is InChI=1S/C11H27NOSi/c1-4-5-11-14(2,3)13-10-8-6-7-9-12/h4-12H2,1-3H3. The maximum absolute atomic E-state index is 5.98. The van der Waals surface area contributed by atoms with Gasteiger partial charge in [0.05, 0.1) is 0 Å². The van der Waals surface area contributed by atoms with E-state index in [0.717, 1.165) is 19.6 Å². The lowest BCUT2D eigenvalue weighted by Gasteiger charge is -2.22. The molecular weight excluding hydrogens is 190 g/mol. The molecule has 86 valence electrons. The van der Waals surface area contributed by atoms with Gasteiger partial charge in [0.1, 0.15) is 0 Å². The summed E-state index contributed by atoms with van der Waals surface area (Å²) in [5.41, 5.74) is 5.43. The van der Waals surface area contributed by atoms with Crippen LogP contribution >= 0.6 is 0 Å². The Morgan fingerprint density at radius 3 is 2.36 bits per heavy atom. The zero-order chi connectivity index (χ0) is 10.9. The van der Waals surface area contributed by atoms with Crippen molar-refractivity contribution in [3.8, 4) is 0 Å². The Balaban J connectivity index is 3.35. The van der Waals surface area contributed by atoms with E-state index in [-0.39, 0.29) is 0 Å². The molecule has 0 aromatic heterocycles. The van der Waals surface area contributed by atoms with Crippen LogP contribution in [0.25, 0.3) is 0 Å². The van der Waals surface area contributed by atoms with Crippen LogP contribution in [-0.2, 0) is 4.43 Å². The highest BCUT2D eigenvalue weighted by atomic mass is 28.4. The third kappa shape index (κ3) is 8.72. The highest BCUT2D eigenvalue weighted by Gasteiger charge is 2.20. The lowest BCUT2D eigenvalue weighted by molar-refractivity contribution is 0.294. The molecule has 0 radical (unpaired) electrons. The number of hydrogen-bond acceptors (Lipinski definition) is 2. The van der Waals surface area contributed by atoms with Crippen molar-refractivity contribution in [2.24, 2.45) is 5.73 Å². The zero-order valence-electron chi connectivity index (χ0n) is 10.1. The van der Waals surface area contributed by atoms with Gasteiger partial charge in [0.25, 0.3) is 0 Å². The lowest BCUT2D eigenvalue weighted by atomic mass is 10.2. The Morgan fingerprint density at radius 2 is 1.79 bits per heavy atom. The third-order valence-electron chi connectivity index (χ3n) is 2.47. The van der Waals surface area contributed by atoms with E-state index in [1.807, 2.05) is 0 Å². The first-order valence-corrected chi connectivity index (χ1v) is 9.08. The molecule has 2 nitrogen and oxygen atoms in total. The van der Waals surface area contributed by atoms with Crippen molar-refractivity contribution in [2.75, 3.05) is 13.2 Å². The monoisotopic (exact) mass is 217 g/mol. The van der Waals surface area contributed by atoms with Gasteiger partial charge in [-0.05, 0) is 44.9 Å². The third-order valence-corrected chi connectivity index (χ3v) is 5.02. The van der Waals surface area contributed by atoms with Gasteiger partial charge < -0.3 is 10.2 Å². The summed E-state index contributed by atoms with van der Waals surface area (Å²) in [5, 5.41) is 0. The average Bonchev–Trinajstić information content (AvgIpc) is 2.15. The van der Waals surface area contributed by atoms with Crippen molar-refractivity contribution >= 4 is 8.32 Å². The van der Waals surface area contributed by atoms with Crippen molar-refractivity contribution in [2.45, 2.75) is 58.2 Å². The van der Waals surface area contributed by atoms with Crippen molar-refractivity contribution in [3.05, 3.63) is 0 Å². The zero-order valence-corrected chi connectivity index (χ0v) is 11.1. The average molecular weight is 217 g/mol. The maximum Gasteiger partial charge on any atom is 0.186 e. The van der Waals surface area contributed by atoms with Crippen LogP contribution in [0.1, 0.15) is 39.0 Å². The van der Waals surface area contributed by atoms with Gasteiger partial charge in [-0.2, -0.15) is 0 Å². The molecule has 0 saturated heterocycles. The number of rotatable bonds is 9. The van der Waals surface area contributed by atoms with Gasteiger partial charge in [0, 0.05) is 6.61 Å². The first-order valence-electron chi connectivity index (χ1n) is 5.96. The fourth-order valence-corrected chi connectivity index (χ4v) is 3.49. The predicted molar refractivity (Wildman–Crippen MR) is 66.1 cm³/mol. The molecule has 0 aliphatic rings. The van der Waals surface area contributed by atoms with E-state index in [1.54, 1.807) is 0 Å². The number of nitrogens with two attached hydrogens (primary N) is 1. The first-order chi connectivity index (χ1) is 6.62. The van der Waals surface area contributed by atoms with Gasteiger partial charge in [-0.3, -0.25) is 0 Å². The molecule has 0 spiro atoms. The molecule has 0 fully saturated rings. The lowest BCUT2D eigenvalue weighted by Crippen LogP contribution is -2.30. The molecule has 2 N–H and O–H groups in total. The number of hydrogen-bond donors (Lipinski definition) is 1. The minimum atomic E-state index is -1.32. The summed E-state index contributed by atoms with van der Waals surface area (Å²) < 4.78 is 5.98. The second-order valence-electron chi connectivity index (χ2n) is 4.56. The predicted octanol–water partition coefficient (Wildman–Crippen LogP) is 3.14. The van der Waals surface area contributed by atoms with Gasteiger partial charge >= 0.3 is 0 Å². The van der Waals surface area contributed by atoms with Crippen molar-refractivity contribution in [1.82, 2.24) is 0 Å². The molecule has 3 heteroatoms. The van der Waals surface area contributed by atoms with Gasteiger partial charge in [-0.1, -0.05) is 19.8 Å². The van der Waals surface area contributed by atoms with Crippen molar-refractivity contribution < 1.29 is 4.43 Å². The van der Waals surface area contributed by atoms with E-state index in [1.165, 1.54) is 31.7 Å². The van der Waals surface area contributed by atoms with Crippen LogP contribution < -0.4 is 5.73 Å². The molecule has 14 heavy (non-hydrogen) atoms. The van der Waals surface area contributed by atoms with E-state index in [2.05, 4.69) is 20.0 Å². The highest BCUT2D eigenvalue weighted by molar-refractivity contribution is 6.71. The second kappa shape index (κ2) is 8.45. The molecule has 0 unspecified atom stereocenters. The molecule has 0 heterocycles. The molecule has 0 amide bonds. The topological polar surface area (TPSA) is 35.2 Å². The smallest absolute Gasteiger partial charge is 0.186 e.